The standard InChI is InChI=1S/C22H28O7/c1-11-12(2)22(14-9-17(27-5)20(24)18(10-14)28-6)29-21(11)13-7-15(25-3)19(23)16(8-13)26-4/h7-12,21-24H,1-6H3/t11-,12+,21-,22-/m0/s1. The van der Waals surface area contributed by atoms with E-state index in [1.807, 2.05) is 0 Å². The molecule has 1 heterocycles. The molecule has 29 heavy (non-hydrogen) atoms. The van der Waals surface area contributed by atoms with Crippen molar-refractivity contribution < 1.29 is 33.9 Å². The molecule has 0 unspecified atom stereocenters. The highest BCUT2D eigenvalue weighted by Gasteiger charge is 2.41. The van der Waals surface area contributed by atoms with Crippen LogP contribution in [0.2, 0.25) is 0 Å². The van der Waals surface area contributed by atoms with Gasteiger partial charge in [-0.2, -0.15) is 0 Å². The van der Waals surface area contributed by atoms with E-state index in [2.05, 4.69) is 13.8 Å². The largest absolute Gasteiger partial charge is 0.502 e. The Hall–Kier alpha value is -2.80. The van der Waals surface area contributed by atoms with Gasteiger partial charge in [0.1, 0.15) is 0 Å². The van der Waals surface area contributed by atoms with Crippen LogP contribution in [0.25, 0.3) is 0 Å². The predicted molar refractivity (Wildman–Crippen MR) is 107 cm³/mol. The average molecular weight is 404 g/mol. The summed E-state index contributed by atoms with van der Waals surface area (Å²) in [6.45, 7) is 4.24. The van der Waals surface area contributed by atoms with Crippen LogP contribution in [-0.4, -0.2) is 38.7 Å². The maximum atomic E-state index is 10.2. The second-order valence-corrected chi connectivity index (χ2v) is 7.24. The molecule has 3 rings (SSSR count). The van der Waals surface area contributed by atoms with Crippen LogP contribution in [0.4, 0.5) is 0 Å². The van der Waals surface area contributed by atoms with Gasteiger partial charge in [0.15, 0.2) is 23.0 Å². The van der Waals surface area contributed by atoms with Crippen LogP contribution in [0, 0.1) is 11.8 Å². The van der Waals surface area contributed by atoms with Crippen molar-refractivity contribution in [2.45, 2.75) is 26.1 Å². The fourth-order valence-corrected chi connectivity index (χ4v) is 3.88. The maximum Gasteiger partial charge on any atom is 0.200 e. The Kier molecular flexibility index (Phi) is 5.98. The smallest absolute Gasteiger partial charge is 0.200 e. The van der Waals surface area contributed by atoms with Crippen LogP contribution in [0.15, 0.2) is 24.3 Å². The van der Waals surface area contributed by atoms with Crippen molar-refractivity contribution in [2.75, 3.05) is 28.4 Å². The molecule has 4 atom stereocenters. The van der Waals surface area contributed by atoms with Crippen LogP contribution < -0.4 is 18.9 Å². The summed E-state index contributed by atoms with van der Waals surface area (Å²) in [5, 5.41) is 20.4. The fraction of sp³-hybridized carbons (Fsp3) is 0.455. The molecule has 0 aliphatic carbocycles. The molecule has 2 aromatic carbocycles. The number of phenolic OH excluding ortho intramolecular Hbond substituents is 2. The van der Waals surface area contributed by atoms with Crippen molar-refractivity contribution >= 4 is 0 Å². The first-order valence-electron chi connectivity index (χ1n) is 9.41. The highest BCUT2D eigenvalue weighted by Crippen LogP contribution is 2.52. The van der Waals surface area contributed by atoms with E-state index in [4.69, 9.17) is 23.7 Å². The van der Waals surface area contributed by atoms with Crippen molar-refractivity contribution in [3.8, 4) is 34.5 Å². The lowest BCUT2D eigenvalue weighted by molar-refractivity contribution is 0.0285. The molecular weight excluding hydrogens is 376 g/mol. The highest BCUT2D eigenvalue weighted by atomic mass is 16.5. The monoisotopic (exact) mass is 404 g/mol. The molecule has 0 saturated carbocycles. The Bertz CT molecular complexity index is 758. The van der Waals surface area contributed by atoms with Gasteiger partial charge < -0.3 is 33.9 Å². The van der Waals surface area contributed by atoms with Crippen LogP contribution in [0.3, 0.4) is 0 Å². The Labute approximate surface area is 170 Å². The lowest BCUT2D eigenvalue weighted by atomic mass is 9.85. The zero-order chi connectivity index (χ0) is 21.3. The lowest BCUT2D eigenvalue weighted by Gasteiger charge is -2.19. The third-order valence-electron chi connectivity index (χ3n) is 5.74. The lowest BCUT2D eigenvalue weighted by Crippen LogP contribution is -2.10. The molecule has 7 heteroatoms. The van der Waals surface area contributed by atoms with Crippen LogP contribution in [0.5, 0.6) is 34.5 Å². The Balaban J connectivity index is 2.00. The zero-order valence-corrected chi connectivity index (χ0v) is 17.6. The van der Waals surface area contributed by atoms with E-state index in [9.17, 15) is 10.2 Å². The number of ether oxygens (including phenoxy) is 5. The molecule has 2 aromatic rings. The van der Waals surface area contributed by atoms with Gasteiger partial charge in [-0.1, -0.05) is 13.8 Å². The minimum absolute atomic E-state index is 0.0398. The minimum Gasteiger partial charge on any atom is -0.502 e. The predicted octanol–water partition coefficient (Wildman–Crippen LogP) is 4.22. The molecule has 0 radical (unpaired) electrons. The van der Waals surface area contributed by atoms with Crippen molar-refractivity contribution in [3.05, 3.63) is 35.4 Å². The van der Waals surface area contributed by atoms with Gasteiger partial charge in [0.05, 0.1) is 40.6 Å². The summed E-state index contributed by atoms with van der Waals surface area (Å²) in [6, 6.07) is 7.08. The molecule has 158 valence electrons. The molecule has 0 amide bonds. The van der Waals surface area contributed by atoms with E-state index in [-0.39, 0.29) is 35.5 Å². The Morgan fingerprint density at radius 1 is 0.621 bits per heavy atom. The quantitative estimate of drug-likeness (QED) is 0.745. The molecule has 2 N–H and O–H groups in total. The van der Waals surface area contributed by atoms with E-state index >= 15 is 0 Å². The maximum absolute atomic E-state index is 10.2. The number of hydrogen-bond donors (Lipinski definition) is 2. The topological polar surface area (TPSA) is 86.6 Å². The van der Waals surface area contributed by atoms with Gasteiger partial charge in [-0.15, -0.1) is 0 Å². The number of methoxy groups -OCH3 is 4. The van der Waals surface area contributed by atoms with Gasteiger partial charge in [-0.25, -0.2) is 0 Å². The van der Waals surface area contributed by atoms with E-state index in [1.165, 1.54) is 28.4 Å². The van der Waals surface area contributed by atoms with Gasteiger partial charge in [0, 0.05) is 0 Å². The molecular formula is C22H28O7. The van der Waals surface area contributed by atoms with Crippen LogP contribution in [-0.2, 0) is 4.74 Å². The van der Waals surface area contributed by atoms with Gasteiger partial charge in [0.2, 0.25) is 11.5 Å². The molecule has 1 saturated heterocycles. The fourth-order valence-electron chi connectivity index (χ4n) is 3.88. The van der Waals surface area contributed by atoms with Crippen molar-refractivity contribution in [3.63, 3.8) is 0 Å². The van der Waals surface area contributed by atoms with Crippen molar-refractivity contribution in [1.29, 1.82) is 0 Å². The summed E-state index contributed by atoms with van der Waals surface area (Å²) in [5.74, 6) is 1.59. The van der Waals surface area contributed by atoms with Gasteiger partial charge in [0.25, 0.3) is 0 Å². The van der Waals surface area contributed by atoms with E-state index < -0.39 is 0 Å². The third kappa shape index (κ3) is 3.62. The summed E-state index contributed by atoms with van der Waals surface area (Å²) >= 11 is 0. The van der Waals surface area contributed by atoms with Crippen LogP contribution in [0.1, 0.15) is 37.2 Å². The molecule has 7 nitrogen and oxygen atoms in total. The Morgan fingerprint density at radius 3 is 1.14 bits per heavy atom. The summed E-state index contributed by atoms with van der Waals surface area (Å²) in [4.78, 5) is 0. The number of benzene rings is 2. The molecule has 0 aromatic heterocycles. The number of aromatic hydroxyl groups is 2. The average Bonchev–Trinajstić information content (AvgIpc) is 3.03. The summed E-state index contributed by atoms with van der Waals surface area (Å²) in [7, 11) is 5.99. The number of hydrogen-bond acceptors (Lipinski definition) is 7. The van der Waals surface area contributed by atoms with Crippen molar-refractivity contribution in [1.82, 2.24) is 0 Å². The molecule has 1 aliphatic rings. The minimum atomic E-state index is -0.232. The van der Waals surface area contributed by atoms with Gasteiger partial charge >= 0.3 is 0 Å². The molecule has 0 spiro atoms. The Morgan fingerprint density at radius 2 is 0.897 bits per heavy atom. The highest BCUT2D eigenvalue weighted by molar-refractivity contribution is 5.55. The zero-order valence-electron chi connectivity index (χ0n) is 17.6. The molecule has 1 fully saturated rings. The van der Waals surface area contributed by atoms with Gasteiger partial charge in [-0.3, -0.25) is 0 Å². The second kappa shape index (κ2) is 8.29. The van der Waals surface area contributed by atoms with E-state index in [0.717, 1.165) is 11.1 Å². The SMILES string of the molecule is COc1cc([C@H]2O[C@H](c3cc(OC)c(O)c(OC)c3)[C@@H](C)[C@H]2C)cc(OC)c1O. The summed E-state index contributed by atoms with van der Waals surface area (Å²) in [5.41, 5.74) is 1.71. The first-order valence-corrected chi connectivity index (χ1v) is 9.41. The first kappa shape index (κ1) is 20.9. The van der Waals surface area contributed by atoms with E-state index in [0.29, 0.717) is 23.0 Å². The van der Waals surface area contributed by atoms with Crippen molar-refractivity contribution in [2.24, 2.45) is 11.8 Å². The third-order valence-corrected chi connectivity index (χ3v) is 5.74. The van der Waals surface area contributed by atoms with Crippen LogP contribution >= 0.6 is 0 Å². The van der Waals surface area contributed by atoms with E-state index in [1.54, 1.807) is 24.3 Å². The number of phenols is 2. The number of rotatable bonds is 6. The second-order valence-electron chi connectivity index (χ2n) is 7.24. The van der Waals surface area contributed by atoms with Gasteiger partial charge in [-0.05, 0) is 47.2 Å². The summed E-state index contributed by atoms with van der Waals surface area (Å²) in [6.07, 6.45) is -0.464. The normalized spacial score (nSPS) is 23.7. The molecule has 1 aliphatic heterocycles. The summed E-state index contributed by atoms with van der Waals surface area (Å²) < 4.78 is 27.6. The molecule has 0 bridgehead atoms. The first-order chi connectivity index (χ1) is 13.9.